The van der Waals surface area contributed by atoms with Gasteiger partial charge in [0.2, 0.25) is 0 Å². The number of anilines is 1. The molecule has 3 heterocycles. The molecule has 1 unspecified atom stereocenters. The Hall–Kier alpha value is -1.18. The fourth-order valence-corrected chi connectivity index (χ4v) is 2.22. The van der Waals surface area contributed by atoms with Crippen molar-refractivity contribution in [1.82, 2.24) is 20.4 Å². The average Bonchev–Trinajstić information content (AvgIpc) is 2.90. The quantitative estimate of drug-likeness (QED) is 0.761. The van der Waals surface area contributed by atoms with Gasteiger partial charge < -0.3 is 24.4 Å². The van der Waals surface area contributed by atoms with Crippen molar-refractivity contribution in [3.05, 3.63) is 5.89 Å². The van der Waals surface area contributed by atoms with Gasteiger partial charge in [-0.25, -0.2) is 0 Å². The highest BCUT2D eigenvalue weighted by molar-refractivity contribution is 5.28. The molecule has 2 aliphatic rings. The molecule has 1 atom stereocenters. The number of nitrogens with zero attached hydrogens (tertiary/aromatic N) is 4. The first-order chi connectivity index (χ1) is 8.83. The number of ether oxygens (including phenoxy) is 1. The Kier molecular flexibility index (Phi) is 3.44. The Morgan fingerprint density at radius 2 is 2.11 bits per heavy atom. The minimum absolute atomic E-state index is 0.104. The van der Waals surface area contributed by atoms with Crippen molar-refractivity contribution < 1.29 is 9.26 Å². The Morgan fingerprint density at radius 1 is 1.28 bits per heavy atom. The molecule has 3 rings (SSSR count). The number of piperazine rings is 1. The summed E-state index contributed by atoms with van der Waals surface area (Å²) in [6, 6.07) is 0. The van der Waals surface area contributed by atoms with Gasteiger partial charge in [0.15, 0.2) is 0 Å². The molecule has 2 aliphatic heterocycles. The van der Waals surface area contributed by atoms with Gasteiger partial charge in [0, 0.05) is 39.3 Å². The van der Waals surface area contributed by atoms with Gasteiger partial charge in [-0.15, -0.1) is 0 Å². The van der Waals surface area contributed by atoms with Gasteiger partial charge in [0.1, 0.15) is 6.10 Å². The van der Waals surface area contributed by atoms with Gasteiger partial charge in [-0.3, -0.25) is 0 Å². The molecule has 100 valence electrons. The SMILES string of the molecule is CN1CCN(c2noc(C3CNCCO3)n2)CC1. The molecule has 0 amide bonds. The van der Waals surface area contributed by atoms with Crippen LogP contribution in [-0.2, 0) is 4.74 Å². The number of morpholine rings is 1. The van der Waals surface area contributed by atoms with E-state index in [0.29, 0.717) is 18.4 Å². The van der Waals surface area contributed by atoms with Crippen LogP contribution >= 0.6 is 0 Å². The molecule has 0 aliphatic carbocycles. The van der Waals surface area contributed by atoms with Gasteiger partial charge in [0.25, 0.3) is 11.8 Å². The monoisotopic (exact) mass is 253 g/mol. The van der Waals surface area contributed by atoms with Crippen LogP contribution in [0.5, 0.6) is 0 Å². The van der Waals surface area contributed by atoms with E-state index >= 15 is 0 Å². The second-order valence-corrected chi connectivity index (χ2v) is 4.79. The van der Waals surface area contributed by atoms with Gasteiger partial charge in [-0.2, -0.15) is 4.98 Å². The van der Waals surface area contributed by atoms with E-state index in [-0.39, 0.29) is 6.10 Å². The first-order valence-corrected chi connectivity index (χ1v) is 6.42. The molecule has 2 saturated heterocycles. The molecule has 1 aromatic heterocycles. The van der Waals surface area contributed by atoms with Crippen molar-refractivity contribution in [3.63, 3.8) is 0 Å². The van der Waals surface area contributed by atoms with Gasteiger partial charge >= 0.3 is 0 Å². The first-order valence-electron chi connectivity index (χ1n) is 6.42. The van der Waals surface area contributed by atoms with Crippen LogP contribution in [0.3, 0.4) is 0 Å². The third-order valence-corrected chi connectivity index (χ3v) is 3.42. The van der Waals surface area contributed by atoms with E-state index in [9.17, 15) is 0 Å². The summed E-state index contributed by atoms with van der Waals surface area (Å²) in [5.41, 5.74) is 0. The molecule has 18 heavy (non-hydrogen) atoms. The van der Waals surface area contributed by atoms with Crippen molar-refractivity contribution in [2.24, 2.45) is 0 Å². The molecule has 7 nitrogen and oxygen atoms in total. The lowest BCUT2D eigenvalue weighted by molar-refractivity contribution is 0.00755. The summed E-state index contributed by atoms with van der Waals surface area (Å²) in [7, 11) is 2.13. The third kappa shape index (κ3) is 2.47. The maximum Gasteiger partial charge on any atom is 0.266 e. The largest absolute Gasteiger partial charge is 0.366 e. The minimum Gasteiger partial charge on any atom is -0.366 e. The Morgan fingerprint density at radius 3 is 2.83 bits per heavy atom. The summed E-state index contributed by atoms with van der Waals surface area (Å²) in [5, 5.41) is 7.31. The zero-order valence-corrected chi connectivity index (χ0v) is 10.6. The molecular formula is C11H19N5O2. The molecule has 0 bridgehead atoms. The molecule has 0 aromatic carbocycles. The van der Waals surface area contributed by atoms with E-state index in [1.54, 1.807) is 0 Å². The number of aromatic nitrogens is 2. The predicted octanol–water partition coefficient (Wildman–Crippen LogP) is -0.518. The number of hydrogen-bond acceptors (Lipinski definition) is 7. The zero-order valence-electron chi connectivity index (χ0n) is 10.6. The van der Waals surface area contributed by atoms with Gasteiger partial charge in [-0.1, -0.05) is 0 Å². The average molecular weight is 253 g/mol. The van der Waals surface area contributed by atoms with E-state index < -0.39 is 0 Å². The maximum atomic E-state index is 5.60. The Bertz CT molecular complexity index is 383. The molecule has 1 aromatic rings. The van der Waals surface area contributed by atoms with Crippen molar-refractivity contribution in [1.29, 1.82) is 0 Å². The Balaban J connectivity index is 1.65. The van der Waals surface area contributed by atoms with E-state index in [4.69, 9.17) is 9.26 Å². The fraction of sp³-hybridized carbons (Fsp3) is 0.818. The molecule has 2 fully saturated rings. The fourth-order valence-electron chi connectivity index (χ4n) is 2.22. The van der Waals surface area contributed by atoms with Crippen LogP contribution in [0.2, 0.25) is 0 Å². The summed E-state index contributed by atoms with van der Waals surface area (Å²) < 4.78 is 10.9. The summed E-state index contributed by atoms with van der Waals surface area (Å²) in [4.78, 5) is 8.90. The molecule has 7 heteroatoms. The summed E-state index contributed by atoms with van der Waals surface area (Å²) in [6.07, 6.45) is -0.104. The molecule has 0 saturated carbocycles. The van der Waals surface area contributed by atoms with Crippen LogP contribution in [0, 0.1) is 0 Å². The highest BCUT2D eigenvalue weighted by Gasteiger charge is 2.25. The number of nitrogens with one attached hydrogen (secondary N) is 1. The van der Waals surface area contributed by atoms with E-state index in [0.717, 1.165) is 39.3 Å². The van der Waals surface area contributed by atoms with Gasteiger partial charge in [-0.05, 0) is 12.2 Å². The first kappa shape index (κ1) is 11.9. The van der Waals surface area contributed by atoms with Crippen LogP contribution in [0.15, 0.2) is 4.52 Å². The van der Waals surface area contributed by atoms with Crippen LogP contribution in [0.4, 0.5) is 5.95 Å². The lowest BCUT2D eigenvalue weighted by atomic mass is 10.3. The van der Waals surface area contributed by atoms with Crippen LogP contribution in [0.25, 0.3) is 0 Å². The molecular weight excluding hydrogens is 234 g/mol. The smallest absolute Gasteiger partial charge is 0.266 e. The highest BCUT2D eigenvalue weighted by Crippen LogP contribution is 2.20. The zero-order chi connectivity index (χ0) is 12.4. The van der Waals surface area contributed by atoms with Crippen LogP contribution in [-0.4, -0.2) is 68.0 Å². The van der Waals surface area contributed by atoms with Crippen molar-refractivity contribution in [2.75, 3.05) is 57.8 Å². The summed E-state index contributed by atoms with van der Waals surface area (Å²) >= 11 is 0. The standard InChI is InChI=1S/C11H19N5O2/c1-15-3-5-16(6-4-15)11-13-10(18-14-11)9-8-12-2-7-17-9/h9,12H,2-8H2,1H3. The lowest BCUT2D eigenvalue weighted by Gasteiger charge is -2.31. The van der Waals surface area contributed by atoms with Crippen LogP contribution in [0.1, 0.15) is 12.0 Å². The normalized spacial score (nSPS) is 26.5. The predicted molar refractivity (Wildman–Crippen MR) is 65.6 cm³/mol. The van der Waals surface area contributed by atoms with Crippen molar-refractivity contribution in [2.45, 2.75) is 6.10 Å². The summed E-state index contributed by atoms with van der Waals surface area (Å²) in [5.74, 6) is 1.27. The number of rotatable bonds is 2. The van der Waals surface area contributed by atoms with E-state index in [1.807, 2.05) is 0 Å². The van der Waals surface area contributed by atoms with Crippen molar-refractivity contribution in [3.8, 4) is 0 Å². The maximum absolute atomic E-state index is 5.60. The van der Waals surface area contributed by atoms with Crippen LogP contribution < -0.4 is 10.2 Å². The highest BCUT2D eigenvalue weighted by atomic mass is 16.5. The topological polar surface area (TPSA) is 66.7 Å². The van der Waals surface area contributed by atoms with Crippen molar-refractivity contribution >= 4 is 5.95 Å². The Labute approximate surface area is 106 Å². The second-order valence-electron chi connectivity index (χ2n) is 4.79. The molecule has 0 spiro atoms. The van der Waals surface area contributed by atoms with E-state index in [1.165, 1.54) is 0 Å². The summed E-state index contributed by atoms with van der Waals surface area (Å²) in [6.45, 7) is 6.27. The second kappa shape index (κ2) is 5.21. The minimum atomic E-state index is -0.104. The molecule has 1 N–H and O–H groups in total. The number of likely N-dealkylation sites (N-methyl/N-ethyl adjacent to an activating group) is 1. The van der Waals surface area contributed by atoms with E-state index in [2.05, 4.69) is 32.3 Å². The molecule has 0 radical (unpaired) electrons. The number of hydrogen-bond donors (Lipinski definition) is 1. The third-order valence-electron chi connectivity index (χ3n) is 3.42. The van der Waals surface area contributed by atoms with Gasteiger partial charge in [0.05, 0.1) is 6.61 Å². The lowest BCUT2D eigenvalue weighted by Crippen LogP contribution is -2.45.